The molecule has 1 N–H and O–H groups in total. The van der Waals surface area contributed by atoms with Crippen LogP contribution in [0.4, 0.5) is 0 Å². The van der Waals surface area contributed by atoms with E-state index in [4.69, 9.17) is 0 Å². The Balaban J connectivity index is 1.85. The number of rotatable bonds is 2. The first-order valence-electron chi connectivity index (χ1n) is 6.18. The Labute approximate surface area is 91.4 Å². The molecule has 2 aliphatic heterocycles. The average molecular weight is 211 g/mol. The molecule has 14 heavy (non-hydrogen) atoms. The smallest absolute Gasteiger partial charge is 0.0650 e. The Morgan fingerprint density at radius 3 is 2.43 bits per heavy atom. The van der Waals surface area contributed by atoms with Crippen LogP contribution < -0.4 is 5.32 Å². The van der Waals surface area contributed by atoms with Crippen molar-refractivity contribution < 1.29 is 0 Å². The van der Waals surface area contributed by atoms with Crippen molar-refractivity contribution >= 4 is 11.8 Å². The zero-order valence-corrected chi connectivity index (χ0v) is 9.91. The third-order valence-electron chi connectivity index (χ3n) is 4.37. The molecule has 0 spiro atoms. The van der Waals surface area contributed by atoms with Gasteiger partial charge in [-0.25, -0.2) is 0 Å². The minimum Gasteiger partial charge on any atom is -0.303 e. The van der Waals surface area contributed by atoms with Gasteiger partial charge in [0.2, 0.25) is 0 Å². The van der Waals surface area contributed by atoms with Crippen LogP contribution in [0.5, 0.6) is 0 Å². The van der Waals surface area contributed by atoms with E-state index in [1.54, 1.807) is 6.42 Å². The molecule has 2 saturated carbocycles. The lowest BCUT2D eigenvalue weighted by atomic mass is 9.68. The number of thioether (sulfide) groups is 1. The second-order valence-corrected chi connectivity index (χ2v) is 7.17. The molecule has 0 radical (unpaired) electrons. The van der Waals surface area contributed by atoms with Crippen LogP contribution in [-0.4, -0.2) is 17.2 Å². The lowest BCUT2D eigenvalue weighted by Gasteiger charge is -2.44. The summed E-state index contributed by atoms with van der Waals surface area (Å²) in [6.07, 6.45) is 7.51. The maximum Gasteiger partial charge on any atom is 0.0650 e. The molecule has 1 nitrogen and oxygen atoms in total. The third-order valence-corrected chi connectivity index (χ3v) is 5.69. The highest BCUT2D eigenvalue weighted by molar-refractivity contribution is 8.00. The number of fused-ring (bicyclic) bond motifs is 1. The first kappa shape index (κ1) is 9.53. The van der Waals surface area contributed by atoms with Crippen LogP contribution >= 0.6 is 11.8 Å². The molecule has 0 aromatic rings. The Morgan fingerprint density at radius 2 is 1.79 bits per heavy atom. The van der Waals surface area contributed by atoms with Crippen molar-refractivity contribution in [1.29, 1.82) is 0 Å². The average Bonchev–Trinajstić information content (AvgIpc) is 2.31. The van der Waals surface area contributed by atoms with Crippen molar-refractivity contribution in [2.24, 2.45) is 17.8 Å². The van der Waals surface area contributed by atoms with Gasteiger partial charge in [0.1, 0.15) is 0 Å². The fraction of sp³-hybridized carbons (Fsp3) is 1.00. The van der Waals surface area contributed by atoms with Gasteiger partial charge in [0.05, 0.1) is 4.87 Å². The van der Waals surface area contributed by atoms with Crippen LogP contribution in [0.15, 0.2) is 0 Å². The minimum absolute atomic E-state index is 0.494. The Kier molecular flexibility index (Phi) is 2.32. The van der Waals surface area contributed by atoms with Gasteiger partial charge in [-0.1, -0.05) is 6.92 Å². The Bertz CT molecular complexity index is 214. The first-order valence-corrected chi connectivity index (χ1v) is 7.17. The zero-order chi connectivity index (χ0) is 9.60. The van der Waals surface area contributed by atoms with E-state index in [9.17, 15) is 0 Å². The molecule has 2 heteroatoms. The lowest BCUT2D eigenvalue weighted by Crippen LogP contribution is -2.45. The standard InChI is InChI=1S/C12H21NS/c1-2-14-12-6-9-3-10(7-12)5-11(4-9)8-13-12/h9-11,13H,2-8H2,1H3. The molecule has 2 unspecified atom stereocenters. The van der Waals surface area contributed by atoms with Crippen LogP contribution in [0, 0.1) is 17.8 Å². The maximum absolute atomic E-state index is 3.88. The third kappa shape index (κ3) is 1.51. The normalized spacial score (nSPS) is 50.8. The molecule has 4 bridgehead atoms. The SMILES string of the molecule is CCSC12CC3CC(CN1)CC(C3)C2. The monoisotopic (exact) mass is 211 g/mol. The topological polar surface area (TPSA) is 12.0 Å². The predicted octanol–water partition coefficient (Wildman–Crippen LogP) is 2.87. The largest absolute Gasteiger partial charge is 0.303 e. The van der Waals surface area contributed by atoms with Gasteiger partial charge in [0.25, 0.3) is 0 Å². The van der Waals surface area contributed by atoms with E-state index in [1.165, 1.54) is 38.0 Å². The van der Waals surface area contributed by atoms with Gasteiger partial charge in [0.15, 0.2) is 0 Å². The second kappa shape index (κ2) is 3.41. The lowest BCUT2D eigenvalue weighted by molar-refractivity contribution is 0.145. The highest BCUT2D eigenvalue weighted by atomic mass is 32.2. The van der Waals surface area contributed by atoms with Crippen LogP contribution in [0.2, 0.25) is 0 Å². The molecule has 2 saturated heterocycles. The van der Waals surface area contributed by atoms with Gasteiger partial charge in [0, 0.05) is 0 Å². The van der Waals surface area contributed by atoms with Crippen molar-refractivity contribution in [1.82, 2.24) is 5.32 Å². The first-order chi connectivity index (χ1) is 6.80. The summed E-state index contributed by atoms with van der Waals surface area (Å²) in [6, 6.07) is 0. The summed E-state index contributed by atoms with van der Waals surface area (Å²) in [5.74, 6) is 4.40. The van der Waals surface area contributed by atoms with Crippen LogP contribution in [0.1, 0.15) is 39.0 Å². The van der Waals surface area contributed by atoms with Crippen LogP contribution in [0.3, 0.4) is 0 Å². The van der Waals surface area contributed by atoms with E-state index >= 15 is 0 Å². The van der Waals surface area contributed by atoms with E-state index in [-0.39, 0.29) is 0 Å². The molecule has 4 aliphatic rings. The molecule has 0 aromatic heterocycles. The summed E-state index contributed by atoms with van der Waals surface area (Å²) in [5.41, 5.74) is 0. The van der Waals surface area contributed by atoms with Gasteiger partial charge < -0.3 is 5.32 Å². The molecule has 0 aromatic carbocycles. The van der Waals surface area contributed by atoms with Gasteiger partial charge in [-0.3, -0.25) is 0 Å². The van der Waals surface area contributed by atoms with E-state index in [0.29, 0.717) is 4.87 Å². The molecule has 4 rings (SSSR count). The van der Waals surface area contributed by atoms with Crippen molar-refractivity contribution in [2.45, 2.75) is 43.9 Å². The van der Waals surface area contributed by atoms with Crippen molar-refractivity contribution in [3.63, 3.8) is 0 Å². The second-order valence-electron chi connectivity index (χ2n) is 5.52. The molecule has 0 amide bonds. The van der Waals surface area contributed by atoms with Crippen molar-refractivity contribution in [2.75, 3.05) is 12.3 Å². The predicted molar refractivity (Wildman–Crippen MR) is 62.4 cm³/mol. The minimum atomic E-state index is 0.494. The summed E-state index contributed by atoms with van der Waals surface area (Å²) < 4.78 is 0. The summed E-state index contributed by atoms with van der Waals surface area (Å²) >= 11 is 2.19. The quantitative estimate of drug-likeness (QED) is 0.754. The van der Waals surface area contributed by atoms with Crippen molar-refractivity contribution in [3.8, 4) is 0 Å². The molecule has 2 aliphatic carbocycles. The van der Waals surface area contributed by atoms with E-state index in [2.05, 4.69) is 24.0 Å². The van der Waals surface area contributed by atoms with Gasteiger partial charge in [-0.05, 0) is 62.2 Å². The Hall–Kier alpha value is 0.310. The fourth-order valence-corrected chi connectivity index (χ4v) is 5.58. The molecule has 80 valence electrons. The molecular weight excluding hydrogens is 190 g/mol. The van der Waals surface area contributed by atoms with Gasteiger partial charge in [-0.15, -0.1) is 11.8 Å². The van der Waals surface area contributed by atoms with Gasteiger partial charge in [-0.2, -0.15) is 0 Å². The van der Waals surface area contributed by atoms with E-state index < -0.39 is 0 Å². The molecule has 2 heterocycles. The van der Waals surface area contributed by atoms with Crippen LogP contribution in [0.25, 0.3) is 0 Å². The summed E-state index contributed by atoms with van der Waals surface area (Å²) in [4.78, 5) is 0.494. The molecular formula is C12H21NS. The number of nitrogens with one attached hydrogen (secondary N) is 1. The van der Waals surface area contributed by atoms with Crippen LogP contribution in [-0.2, 0) is 0 Å². The number of hydrogen-bond donors (Lipinski definition) is 1. The maximum atomic E-state index is 3.88. The molecule has 4 fully saturated rings. The zero-order valence-electron chi connectivity index (χ0n) is 9.09. The fourth-order valence-electron chi connectivity index (χ4n) is 4.14. The highest BCUT2D eigenvalue weighted by Crippen LogP contribution is 2.52. The summed E-state index contributed by atoms with van der Waals surface area (Å²) in [7, 11) is 0. The van der Waals surface area contributed by atoms with Crippen molar-refractivity contribution in [3.05, 3.63) is 0 Å². The van der Waals surface area contributed by atoms with Gasteiger partial charge >= 0.3 is 0 Å². The van der Waals surface area contributed by atoms with E-state index in [0.717, 1.165) is 17.8 Å². The summed E-state index contributed by atoms with van der Waals surface area (Å²) in [6.45, 7) is 3.61. The highest BCUT2D eigenvalue weighted by Gasteiger charge is 2.47. The molecule has 2 atom stereocenters. The Morgan fingerprint density at radius 1 is 1.14 bits per heavy atom. The number of hydrogen-bond acceptors (Lipinski definition) is 2. The van der Waals surface area contributed by atoms with E-state index in [1.807, 2.05) is 0 Å². The summed E-state index contributed by atoms with van der Waals surface area (Å²) in [5, 5.41) is 3.88.